The molecule has 186 valence electrons. The molecule has 3 aromatic carbocycles. The predicted molar refractivity (Wildman–Crippen MR) is 132 cm³/mol. The minimum atomic E-state index is -4.56. The fraction of sp³-hybridized carbons (Fsp3) is 0.111. The number of fused-ring (bicyclic) bond motifs is 3. The first kappa shape index (κ1) is 24.0. The van der Waals surface area contributed by atoms with Crippen LogP contribution in [-0.4, -0.2) is 25.6 Å². The maximum Gasteiger partial charge on any atom is 0.416 e. The molecule has 2 aromatic heterocycles. The predicted octanol–water partition coefficient (Wildman–Crippen LogP) is 4.73. The van der Waals surface area contributed by atoms with Crippen molar-refractivity contribution in [1.29, 1.82) is 0 Å². The molecule has 0 aliphatic carbocycles. The molecule has 0 aliphatic rings. The molecule has 0 aliphatic heterocycles. The third-order valence-electron chi connectivity index (χ3n) is 6.00. The van der Waals surface area contributed by atoms with Crippen LogP contribution in [0.25, 0.3) is 16.6 Å². The zero-order valence-corrected chi connectivity index (χ0v) is 19.2. The summed E-state index contributed by atoms with van der Waals surface area (Å²) in [5.74, 6) is -0.959. The lowest BCUT2D eigenvalue weighted by atomic mass is 10.0. The molecule has 37 heavy (non-hydrogen) atoms. The molecular weight excluding hydrogens is 485 g/mol. The van der Waals surface area contributed by atoms with Crippen LogP contribution in [0.15, 0.2) is 90.1 Å². The average Bonchev–Trinajstić information content (AvgIpc) is 3.37. The normalized spacial score (nSPS) is 11.6. The monoisotopic (exact) mass is 504 g/mol. The quantitative estimate of drug-likeness (QED) is 0.339. The summed E-state index contributed by atoms with van der Waals surface area (Å²) < 4.78 is 42.6. The van der Waals surface area contributed by atoms with Crippen molar-refractivity contribution in [2.24, 2.45) is 0 Å². The van der Waals surface area contributed by atoms with Crippen LogP contribution < -0.4 is 10.9 Å². The second-order valence-corrected chi connectivity index (χ2v) is 8.41. The highest BCUT2D eigenvalue weighted by Crippen LogP contribution is 2.32. The van der Waals surface area contributed by atoms with Crippen LogP contribution in [0.1, 0.15) is 21.5 Å². The number of hydrogen-bond acceptors (Lipinski definition) is 4. The maximum absolute atomic E-state index is 13.2. The van der Waals surface area contributed by atoms with Gasteiger partial charge in [-0.1, -0.05) is 30.3 Å². The molecule has 0 spiro atoms. The largest absolute Gasteiger partial charge is 0.416 e. The summed E-state index contributed by atoms with van der Waals surface area (Å²) in [5, 5.41) is 3.00. The fourth-order valence-electron chi connectivity index (χ4n) is 4.24. The fourth-order valence-corrected chi connectivity index (χ4v) is 4.24. The number of carbonyl (C=O) groups is 2. The highest BCUT2D eigenvalue weighted by atomic mass is 19.4. The summed E-state index contributed by atoms with van der Waals surface area (Å²) in [7, 11) is 0. The average molecular weight is 504 g/mol. The number of nitrogens with one attached hydrogen (secondary N) is 1. The number of anilines is 1. The lowest BCUT2D eigenvalue weighted by Crippen LogP contribution is -2.26. The van der Waals surface area contributed by atoms with E-state index in [1.165, 1.54) is 53.2 Å². The Balaban J connectivity index is 1.32. The summed E-state index contributed by atoms with van der Waals surface area (Å²) in [6.45, 7) is -0.223. The Morgan fingerprint density at radius 1 is 0.919 bits per heavy atom. The Morgan fingerprint density at radius 3 is 2.38 bits per heavy atom. The lowest BCUT2D eigenvalue weighted by molar-refractivity contribution is -0.138. The summed E-state index contributed by atoms with van der Waals surface area (Å²) in [4.78, 5) is 42.5. The molecule has 0 saturated heterocycles. The Morgan fingerprint density at radius 2 is 1.62 bits per heavy atom. The Labute approximate surface area is 207 Å². The van der Waals surface area contributed by atoms with E-state index in [9.17, 15) is 27.6 Å². The van der Waals surface area contributed by atoms with Gasteiger partial charge in [-0.15, -0.1) is 0 Å². The molecule has 0 bridgehead atoms. The van der Waals surface area contributed by atoms with Crippen LogP contribution in [0.4, 0.5) is 18.9 Å². The molecule has 10 heteroatoms. The van der Waals surface area contributed by atoms with Crippen molar-refractivity contribution >= 4 is 33.9 Å². The van der Waals surface area contributed by atoms with Gasteiger partial charge in [0.05, 0.1) is 35.6 Å². The standard InChI is InChI=1S/C27H19F3N4O3/c28-27(29,30)21-7-3-1-5-18(21)13-24(36)32-19-11-9-17(10-12-19)23(35)15-33-25-14-31-16-34(25)22-8-4-2-6-20(22)26(33)37/h1-12,14,16H,13,15H2,(H,32,36). The highest BCUT2D eigenvalue weighted by Gasteiger charge is 2.33. The van der Waals surface area contributed by atoms with E-state index in [4.69, 9.17) is 0 Å². The number of nitrogens with zero attached hydrogens (tertiary/aromatic N) is 3. The molecule has 0 unspecified atom stereocenters. The van der Waals surface area contributed by atoms with Gasteiger partial charge in [0.2, 0.25) is 5.91 Å². The summed E-state index contributed by atoms with van der Waals surface area (Å²) in [6, 6.07) is 17.9. The number of alkyl halides is 3. The van der Waals surface area contributed by atoms with E-state index >= 15 is 0 Å². The van der Waals surface area contributed by atoms with E-state index in [2.05, 4.69) is 10.3 Å². The number of carbonyl (C=O) groups excluding carboxylic acids is 2. The van der Waals surface area contributed by atoms with Crippen molar-refractivity contribution in [3.63, 3.8) is 0 Å². The molecule has 0 fully saturated rings. The zero-order chi connectivity index (χ0) is 26.2. The molecule has 0 radical (unpaired) electrons. The lowest BCUT2D eigenvalue weighted by Gasteiger charge is -2.13. The number of halogens is 3. The number of amides is 1. The van der Waals surface area contributed by atoms with E-state index in [1.807, 2.05) is 6.07 Å². The number of ketones is 1. The van der Waals surface area contributed by atoms with Gasteiger partial charge >= 0.3 is 6.18 Å². The molecule has 2 heterocycles. The van der Waals surface area contributed by atoms with E-state index in [0.717, 1.165) is 6.07 Å². The second kappa shape index (κ2) is 9.38. The van der Waals surface area contributed by atoms with Crippen molar-refractivity contribution < 1.29 is 22.8 Å². The van der Waals surface area contributed by atoms with Gasteiger partial charge in [-0.05, 0) is 48.0 Å². The van der Waals surface area contributed by atoms with Crippen LogP contribution in [0.2, 0.25) is 0 Å². The van der Waals surface area contributed by atoms with Crippen LogP contribution in [0.3, 0.4) is 0 Å². The Bertz CT molecular complexity index is 1700. The van der Waals surface area contributed by atoms with Crippen molar-refractivity contribution in [1.82, 2.24) is 14.0 Å². The molecule has 1 amide bonds. The Hall–Kier alpha value is -4.73. The molecular formula is C27H19F3N4O3. The minimum Gasteiger partial charge on any atom is -0.326 e. The molecule has 5 rings (SSSR count). The number of para-hydroxylation sites is 1. The van der Waals surface area contributed by atoms with Crippen molar-refractivity contribution in [2.75, 3.05) is 5.32 Å². The first-order valence-electron chi connectivity index (χ1n) is 11.2. The summed E-state index contributed by atoms with van der Waals surface area (Å²) in [5.41, 5.74) is 0.473. The van der Waals surface area contributed by atoms with E-state index < -0.39 is 24.1 Å². The number of hydrogen-bond donors (Lipinski definition) is 1. The van der Waals surface area contributed by atoms with E-state index in [-0.39, 0.29) is 23.5 Å². The van der Waals surface area contributed by atoms with Crippen LogP contribution >= 0.6 is 0 Å². The van der Waals surface area contributed by atoms with Crippen molar-refractivity contribution in [3.05, 3.63) is 112 Å². The third-order valence-corrected chi connectivity index (χ3v) is 6.00. The van der Waals surface area contributed by atoms with Gasteiger partial charge in [-0.2, -0.15) is 13.2 Å². The molecule has 0 atom stereocenters. The number of benzene rings is 3. The summed E-state index contributed by atoms with van der Waals surface area (Å²) >= 11 is 0. The minimum absolute atomic E-state index is 0.133. The van der Waals surface area contributed by atoms with Crippen LogP contribution in [0, 0.1) is 0 Å². The van der Waals surface area contributed by atoms with Gasteiger partial charge in [0.1, 0.15) is 12.0 Å². The highest BCUT2D eigenvalue weighted by molar-refractivity contribution is 5.98. The van der Waals surface area contributed by atoms with Crippen LogP contribution in [-0.2, 0) is 23.9 Å². The first-order chi connectivity index (χ1) is 17.7. The second-order valence-electron chi connectivity index (χ2n) is 8.41. The number of rotatable bonds is 6. The number of aromatic nitrogens is 3. The molecule has 5 aromatic rings. The summed E-state index contributed by atoms with van der Waals surface area (Å²) in [6.07, 6.45) is -1.93. The molecule has 1 N–H and O–H groups in total. The van der Waals surface area contributed by atoms with Crippen molar-refractivity contribution in [2.45, 2.75) is 19.1 Å². The van der Waals surface area contributed by atoms with Gasteiger partial charge in [-0.3, -0.25) is 23.4 Å². The number of imidazole rings is 1. The van der Waals surface area contributed by atoms with E-state index in [1.54, 1.807) is 28.9 Å². The third kappa shape index (κ3) is 4.73. The number of Topliss-reactive ketones (excluding diaryl/α,β-unsaturated/α-hetero) is 1. The molecule has 7 nitrogen and oxygen atoms in total. The SMILES string of the molecule is O=C(Cc1ccccc1C(F)(F)F)Nc1ccc(C(=O)Cn2c(=O)c3ccccc3n3cncc23)cc1. The van der Waals surface area contributed by atoms with Crippen LogP contribution in [0.5, 0.6) is 0 Å². The molecule has 0 saturated carbocycles. The van der Waals surface area contributed by atoms with E-state index in [0.29, 0.717) is 27.8 Å². The maximum atomic E-state index is 13.2. The van der Waals surface area contributed by atoms with Gasteiger partial charge in [0, 0.05) is 11.3 Å². The zero-order valence-electron chi connectivity index (χ0n) is 19.2. The Kier molecular flexibility index (Phi) is 6.08. The van der Waals surface area contributed by atoms with Gasteiger partial charge in [0.25, 0.3) is 5.56 Å². The van der Waals surface area contributed by atoms with Crippen molar-refractivity contribution in [3.8, 4) is 0 Å². The smallest absolute Gasteiger partial charge is 0.326 e. The van der Waals surface area contributed by atoms with Gasteiger partial charge in [-0.25, -0.2) is 4.98 Å². The van der Waals surface area contributed by atoms with Gasteiger partial charge < -0.3 is 5.32 Å². The topological polar surface area (TPSA) is 85.5 Å². The van der Waals surface area contributed by atoms with Gasteiger partial charge in [0.15, 0.2) is 5.78 Å². The first-order valence-corrected chi connectivity index (χ1v) is 11.2.